The lowest BCUT2D eigenvalue weighted by molar-refractivity contribution is -0.143. The van der Waals surface area contributed by atoms with Crippen molar-refractivity contribution >= 4 is 46.0 Å². The van der Waals surface area contributed by atoms with E-state index in [2.05, 4.69) is 15.4 Å². The van der Waals surface area contributed by atoms with Crippen molar-refractivity contribution < 1.29 is 41.9 Å². The van der Waals surface area contributed by atoms with Crippen molar-refractivity contribution in [3.8, 4) is 0 Å². The number of ether oxygens (including phenoxy) is 2. The van der Waals surface area contributed by atoms with Crippen LogP contribution in [0.4, 0.5) is 9.59 Å². The maximum Gasteiger partial charge on any atom is 0.410 e. The Morgan fingerprint density at radius 2 is 1.88 bits per heavy atom. The highest BCUT2D eigenvalue weighted by Gasteiger charge is 2.62. The van der Waals surface area contributed by atoms with Crippen molar-refractivity contribution in [2.45, 2.75) is 115 Å². The first kappa shape index (κ1) is 35.7. The minimum Gasteiger partial charge on any atom is -0.450 e. The molecule has 2 aliphatic carbocycles. The number of carbonyl (C=O) groups excluding carboxylic acids is 5. The molecule has 0 aromatic heterocycles. The smallest absolute Gasteiger partial charge is 0.410 e. The Morgan fingerprint density at radius 3 is 2.56 bits per heavy atom. The van der Waals surface area contributed by atoms with Gasteiger partial charge >= 0.3 is 12.2 Å². The molecule has 50 heavy (non-hydrogen) atoms. The normalized spacial score (nSPS) is 28.8. The van der Waals surface area contributed by atoms with Crippen LogP contribution in [0.5, 0.6) is 0 Å². The number of allylic oxidation sites excluding steroid dienone is 1. The number of hydrogen-bond donors (Lipinski definition) is 3. The van der Waals surface area contributed by atoms with Crippen LogP contribution in [0.2, 0.25) is 0 Å². The molecule has 1 aromatic rings. The zero-order chi connectivity index (χ0) is 36.0. The van der Waals surface area contributed by atoms with Crippen LogP contribution >= 0.6 is 0 Å². The van der Waals surface area contributed by atoms with Crippen molar-refractivity contribution in [2.75, 3.05) is 13.2 Å². The summed E-state index contributed by atoms with van der Waals surface area (Å²) in [7, 11) is -3.87. The molecule has 2 saturated carbocycles. The van der Waals surface area contributed by atoms with Gasteiger partial charge in [-0.25, -0.2) is 18.0 Å². The number of nitrogens with one attached hydrogen (secondary N) is 3. The molecule has 5 amide bonds. The number of sulfonamides is 1. The molecule has 1 aromatic carbocycles. The molecule has 5 aliphatic rings. The number of fused-ring (bicyclic) bond motifs is 3. The molecule has 15 heteroatoms. The fourth-order valence-corrected chi connectivity index (χ4v) is 8.53. The Balaban J connectivity index is 1.27. The van der Waals surface area contributed by atoms with Crippen molar-refractivity contribution in [3.05, 3.63) is 41.0 Å². The van der Waals surface area contributed by atoms with Gasteiger partial charge in [0.05, 0.1) is 24.9 Å². The number of cyclic esters (lactones) is 1. The molecule has 5 atom stereocenters. The summed E-state index contributed by atoms with van der Waals surface area (Å²) in [5, 5.41) is 4.87. The summed E-state index contributed by atoms with van der Waals surface area (Å²) in [4.78, 5) is 71.2. The number of nitrogens with zero attached hydrogens (tertiary/aromatic N) is 2. The first-order valence-electron chi connectivity index (χ1n) is 17.5. The van der Waals surface area contributed by atoms with Gasteiger partial charge in [0, 0.05) is 13.0 Å². The largest absolute Gasteiger partial charge is 0.450 e. The fourth-order valence-electron chi connectivity index (χ4n) is 7.17. The lowest BCUT2D eigenvalue weighted by atomic mass is 9.85. The molecule has 272 valence electrons. The van der Waals surface area contributed by atoms with E-state index in [1.807, 2.05) is 37.3 Å². The number of alkyl carbamates (subject to hydrolysis) is 1. The highest BCUT2D eigenvalue weighted by atomic mass is 32.2. The molecule has 4 bridgehead atoms. The third-order valence-electron chi connectivity index (χ3n) is 10.4. The van der Waals surface area contributed by atoms with Crippen molar-refractivity contribution in [2.24, 2.45) is 11.3 Å². The maximum absolute atomic E-state index is 14.3. The summed E-state index contributed by atoms with van der Waals surface area (Å²) >= 11 is 0. The maximum atomic E-state index is 14.3. The standard InChI is InChI=1S/C35H47N5O9S/c1-5-23-17-35(23,31(43)38-50(46,47)25-13-14-25)37-29(41)27-16-24-19-40(27)30(42)28(34(2,3)4)36-32(44)48-15-8-6-7-10-21-11-9-12-22-18-39(20-26(21)22)33(45)49-24/h7,9-12,23-25,27-28H,5-6,8,13-20H2,1-4H3,(H,36,44)(H,37,41)(H,38,43)/t23-,24-,27+,28-,35-/m1/s1. The van der Waals surface area contributed by atoms with Gasteiger partial charge in [-0.05, 0) is 60.1 Å². The predicted octanol–water partition coefficient (Wildman–Crippen LogP) is 2.95. The monoisotopic (exact) mass is 713 g/mol. The van der Waals surface area contributed by atoms with Crippen LogP contribution in [-0.4, -0.2) is 90.3 Å². The first-order chi connectivity index (χ1) is 23.6. The van der Waals surface area contributed by atoms with Gasteiger partial charge in [-0.2, -0.15) is 0 Å². The zero-order valence-electron chi connectivity index (χ0n) is 29.0. The second kappa shape index (κ2) is 13.5. The highest BCUT2D eigenvalue weighted by Crippen LogP contribution is 2.47. The molecule has 14 nitrogen and oxygen atoms in total. The molecule has 3 N–H and O–H groups in total. The zero-order valence-corrected chi connectivity index (χ0v) is 29.8. The third-order valence-corrected chi connectivity index (χ3v) is 12.2. The van der Waals surface area contributed by atoms with Gasteiger partial charge in [-0.3, -0.25) is 24.0 Å². The van der Waals surface area contributed by atoms with E-state index in [-0.39, 0.29) is 31.9 Å². The van der Waals surface area contributed by atoms with Gasteiger partial charge in [0.25, 0.3) is 5.91 Å². The summed E-state index contributed by atoms with van der Waals surface area (Å²) in [6, 6.07) is 3.58. The summed E-state index contributed by atoms with van der Waals surface area (Å²) in [6.45, 7) is 7.84. The number of rotatable bonds is 6. The molecular weight excluding hydrogens is 666 g/mol. The van der Waals surface area contributed by atoms with Crippen LogP contribution < -0.4 is 15.4 Å². The van der Waals surface area contributed by atoms with E-state index in [9.17, 15) is 32.4 Å². The van der Waals surface area contributed by atoms with E-state index in [0.717, 1.165) is 16.7 Å². The second-order valence-corrected chi connectivity index (χ2v) is 17.1. The van der Waals surface area contributed by atoms with Crippen molar-refractivity contribution in [1.82, 2.24) is 25.2 Å². The quantitative estimate of drug-likeness (QED) is 0.400. The fraction of sp³-hybridized carbons (Fsp3) is 0.629. The molecule has 0 unspecified atom stereocenters. The average molecular weight is 714 g/mol. The van der Waals surface area contributed by atoms with E-state index >= 15 is 0 Å². The van der Waals surface area contributed by atoms with Crippen LogP contribution in [0.3, 0.4) is 0 Å². The Hall–Kier alpha value is -4.14. The van der Waals surface area contributed by atoms with Gasteiger partial charge in [0.15, 0.2) is 0 Å². The van der Waals surface area contributed by atoms with E-state index in [0.29, 0.717) is 45.2 Å². The van der Waals surface area contributed by atoms with Gasteiger partial charge in [-0.15, -0.1) is 0 Å². The van der Waals surface area contributed by atoms with Crippen LogP contribution in [-0.2, 0) is 47.0 Å². The Morgan fingerprint density at radius 1 is 1.12 bits per heavy atom. The Kier molecular flexibility index (Phi) is 9.66. The summed E-state index contributed by atoms with van der Waals surface area (Å²) in [5.41, 5.74) is 0.707. The lowest BCUT2D eigenvalue weighted by Gasteiger charge is -2.35. The molecule has 6 rings (SSSR count). The summed E-state index contributed by atoms with van der Waals surface area (Å²) < 4.78 is 38.8. The minimum absolute atomic E-state index is 0.0612. The predicted molar refractivity (Wildman–Crippen MR) is 181 cm³/mol. The molecular formula is C35H47N5O9S. The SMILES string of the molecule is CC[C@@H]1C[C@]1(NC(=O)[C@@H]1C[C@@H]2CN1C(=O)[C@H](C(C)(C)C)NC(=O)OCCCC=Cc1cccc3c1CN(C3)C(=O)O2)C(=O)NS(=O)(=O)C1CC1. The average Bonchev–Trinajstić information content (AvgIpc) is 3.94. The molecule has 0 spiro atoms. The minimum atomic E-state index is -3.87. The van der Waals surface area contributed by atoms with Crippen molar-refractivity contribution in [3.63, 3.8) is 0 Å². The highest BCUT2D eigenvalue weighted by molar-refractivity contribution is 7.91. The molecule has 1 saturated heterocycles. The molecule has 3 fully saturated rings. The van der Waals surface area contributed by atoms with Gasteiger partial charge < -0.3 is 25.0 Å². The number of carbonyl (C=O) groups is 5. The van der Waals surface area contributed by atoms with Crippen LogP contribution in [0.25, 0.3) is 6.08 Å². The van der Waals surface area contributed by atoms with Crippen LogP contribution in [0, 0.1) is 11.3 Å². The number of benzene rings is 1. The van der Waals surface area contributed by atoms with E-state index in [1.165, 1.54) is 4.90 Å². The molecule has 0 radical (unpaired) electrons. The van der Waals surface area contributed by atoms with Crippen molar-refractivity contribution in [1.29, 1.82) is 0 Å². The van der Waals surface area contributed by atoms with E-state index in [4.69, 9.17) is 9.47 Å². The Labute approximate surface area is 292 Å². The summed E-state index contributed by atoms with van der Waals surface area (Å²) in [6.07, 6.45) is 4.57. The molecule has 3 heterocycles. The van der Waals surface area contributed by atoms with E-state index in [1.54, 1.807) is 25.7 Å². The second-order valence-electron chi connectivity index (χ2n) is 15.2. The molecule has 3 aliphatic heterocycles. The van der Waals surface area contributed by atoms with E-state index < -0.39 is 74.3 Å². The van der Waals surface area contributed by atoms with Crippen LogP contribution in [0.15, 0.2) is 24.3 Å². The third kappa shape index (κ3) is 7.33. The summed E-state index contributed by atoms with van der Waals surface area (Å²) in [5.74, 6) is -2.35. The lowest BCUT2D eigenvalue weighted by Crippen LogP contribution is -2.60. The van der Waals surface area contributed by atoms with Gasteiger partial charge in [-0.1, -0.05) is 64.5 Å². The van der Waals surface area contributed by atoms with Gasteiger partial charge in [0.1, 0.15) is 23.7 Å². The number of hydrogen-bond acceptors (Lipinski definition) is 9. The first-order valence-corrected chi connectivity index (χ1v) is 19.0. The Bertz CT molecular complexity index is 1700. The van der Waals surface area contributed by atoms with Crippen LogP contribution in [0.1, 0.15) is 89.3 Å². The van der Waals surface area contributed by atoms with Gasteiger partial charge in [0.2, 0.25) is 21.8 Å². The number of amides is 5. The topological polar surface area (TPSA) is 181 Å².